The molecular weight excluding hydrogens is 290 g/mol. The summed E-state index contributed by atoms with van der Waals surface area (Å²) in [7, 11) is 1.64. The molecule has 0 spiro atoms. The molecule has 116 valence electrons. The number of aryl methyl sites for hydroxylation is 2. The number of methoxy groups -OCH3 is 1. The third kappa shape index (κ3) is 4.10. The van der Waals surface area contributed by atoms with Crippen molar-refractivity contribution in [3.63, 3.8) is 0 Å². The molecule has 2 aromatic heterocycles. The van der Waals surface area contributed by atoms with Crippen molar-refractivity contribution in [1.82, 2.24) is 9.97 Å². The van der Waals surface area contributed by atoms with E-state index in [4.69, 9.17) is 19.9 Å². The number of hydrogen-bond donors (Lipinski definition) is 1. The normalized spacial score (nSPS) is 11.4. The van der Waals surface area contributed by atoms with Gasteiger partial charge >= 0.3 is 0 Å². The molecule has 21 heavy (non-hydrogen) atoms. The molecular formula is C14H21N3O3S. The zero-order valence-corrected chi connectivity index (χ0v) is 13.5. The summed E-state index contributed by atoms with van der Waals surface area (Å²) in [4.78, 5) is 11.0. The van der Waals surface area contributed by atoms with Crippen molar-refractivity contribution in [2.24, 2.45) is 0 Å². The van der Waals surface area contributed by atoms with Crippen molar-refractivity contribution in [2.45, 2.75) is 20.5 Å². The van der Waals surface area contributed by atoms with Crippen LogP contribution in [0.5, 0.6) is 0 Å². The second kappa shape index (κ2) is 7.65. The van der Waals surface area contributed by atoms with Crippen LogP contribution in [0.25, 0.3) is 10.2 Å². The van der Waals surface area contributed by atoms with Gasteiger partial charge in [-0.15, -0.1) is 11.3 Å². The van der Waals surface area contributed by atoms with E-state index in [9.17, 15) is 0 Å². The summed E-state index contributed by atoms with van der Waals surface area (Å²) in [6, 6.07) is 0. The molecule has 0 aromatic carbocycles. The highest BCUT2D eigenvalue weighted by atomic mass is 32.1. The Bertz CT molecular complexity index is 601. The van der Waals surface area contributed by atoms with Crippen LogP contribution in [0.4, 0.5) is 5.82 Å². The van der Waals surface area contributed by atoms with Crippen LogP contribution in [0.15, 0.2) is 0 Å². The molecule has 0 atom stereocenters. The molecule has 2 aromatic rings. The fraction of sp³-hybridized carbons (Fsp3) is 0.571. The Morgan fingerprint density at radius 2 is 1.76 bits per heavy atom. The van der Waals surface area contributed by atoms with E-state index in [2.05, 4.69) is 16.9 Å². The van der Waals surface area contributed by atoms with E-state index in [0.29, 0.717) is 44.7 Å². The number of rotatable bonds is 8. The average molecular weight is 311 g/mol. The van der Waals surface area contributed by atoms with Crippen LogP contribution in [0.1, 0.15) is 16.3 Å². The Hall–Kier alpha value is -1.28. The van der Waals surface area contributed by atoms with Crippen LogP contribution in [0, 0.1) is 13.8 Å². The topological polar surface area (TPSA) is 79.5 Å². The monoisotopic (exact) mass is 311 g/mol. The molecule has 0 aliphatic heterocycles. The Morgan fingerprint density at radius 1 is 1.05 bits per heavy atom. The fourth-order valence-corrected chi connectivity index (χ4v) is 2.97. The third-order valence-electron chi connectivity index (χ3n) is 3.14. The second-order valence-corrected chi connectivity index (χ2v) is 5.85. The standard InChI is InChI=1S/C14H21N3O3S/c1-9-10(2)21-14-12(9)13(15)16-11(17-14)8-20-7-6-19-5-4-18-3/h4-8H2,1-3H3,(H2,15,16,17). The van der Waals surface area contributed by atoms with E-state index in [1.54, 1.807) is 18.4 Å². The Labute approximate surface area is 128 Å². The van der Waals surface area contributed by atoms with Crippen molar-refractivity contribution in [3.05, 3.63) is 16.3 Å². The molecule has 7 heteroatoms. The number of anilines is 1. The summed E-state index contributed by atoms with van der Waals surface area (Å²) in [5, 5.41) is 0.962. The molecule has 0 radical (unpaired) electrons. The highest BCUT2D eigenvalue weighted by molar-refractivity contribution is 7.18. The third-order valence-corrected chi connectivity index (χ3v) is 4.24. The van der Waals surface area contributed by atoms with E-state index in [1.807, 2.05) is 6.92 Å². The van der Waals surface area contributed by atoms with Gasteiger partial charge < -0.3 is 19.9 Å². The Balaban J connectivity index is 1.88. The lowest BCUT2D eigenvalue weighted by Crippen LogP contribution is -2.09. The SMILES string of the molecule is COCCOCCOCc1nc(N)c2c(C)c(C)sc2n1. The summed E-state index contributed by atoms with van der Waals surface area (Å²) in [6.07, 6.45) is 0. The van der Waals surface area contributed by atoms with Gasteiger partial charge in [0.15, 0.2) is 5.82 Å². The van der Waals surface area contributed by atoms with Crippen LogP contribution in [-0.4, -0.2) is 43.5 Å². The van der Waals surface area contributed by atoms with Crippen molar-refractivity contribution in [3.8, 4) is 0 Å². The Kier molecular flexibility index (Phi) is 5.86. The predicted molar refractivity (Wildman–Crippen MR) is 83.7 cm³/mol. The molecule has 0 saturated heterocycles. The number of aromatic nitrogens is 2. The molecule has 2 heterocycles. The predicted octanol–water partition coefficient (Wildman–Crippen LogP) is 2.07. The maximum Gasteiger partial charge on any atom is 0.158 e. The highest BCUT2D eigenvalue weighted by Crippen LogP contribution is 2.31. The maximum absolute atomic E-state index is 6.02. The first-order chi connectivity index (χ1) is 10.1. The van der Waals surface area contributed by atoms with Gasteiger partial charge in [-0.05, 0) is 19.4 Å². The van der Waals surface area contributed by atoms with Crippen LogP contribution >= 0.6 is 11.3 Å². The van der Waals surface area contributed by atoms with Gasteiger partial charge in [-0.2, -0.15) is 0 Å². The number of hydrogen-bond acceptors (Lipinski definition) is 7. The van der Waals surface area contributed by atoms with Crippen LogP contribution in [0.3, 0.4) is 0 Å². The first-order valence-corrected chi connectivity index (χ1v) is 7.61. The van der Waals surface area contributed by atoms with Gasteiger partial charge in [-0.3, -0.25) is 0 Å². The lowest BCUT2D eigenvalue weighted by molar-refractivity contribution is 0.0185. The lowest BCUT2D eigenvalue weighted by Gasteiger charge is -2.06. The van der Waals surface area contributed by atoms with Gasteiger partial charge in [-0.1, -0.05) is 0 Å². The number of nitrogens with zero attached hydrogens (tertiary/aromatic N) is 2. The lowest BCUT2D eigenvalue weighted by atomic mass is 10.2. The van der Waals surface area contributed by atoms with Gasteiger partial charge in [0, 0.05) is 12.0 Å². The fourth-order valence-electron chi connectivity index (χ4n) is 1.92. The molecule has 0 fully saturated rings. The van der Waals surface area contributed by atoms with E-state index >= 15 is 0 Å². The summed E-state index contributed by atoms with van der Waals surface area (Å²) in [5.74, 6) is 1.13. The zero-order valence-electron chi connectivity index (χ0n) is 12.6. The second-order valence-electron chi connectivity index (χ2n) is 4.65. The van der Waals surface area contributed by atoms with Crippen molar-refractivity contribution in [1.29, 1.82) is 0 Å². The molecule has 0 unspecified atom stereocenters. The smallest absolute Gasteiger partial charge is 0.158 e. The first-order valence-electron chi connectivity index (χ1n) is 6.80. The molecule has 6 nitrogen and oxygen atoms in total. The first kappa shape index (κ1) is 16.1. The van der Waals surface area contributed by atoms with Gasteiger partial charge in [0.05, 0.1) is 31.8 Å². The van der Waals surface area contributed by atoms with Gasteiger partial charge in [-0.25, -0.2) is 9.97 Å². The van der Waals surface area contributed by atoms with E-state index < -0.39 is 0 Å². The van der Waals surface area contributed by atoms with Crippen LogP contribution in [0.2, 0.25) is 0 Å². The minimum Gasteiger partial charge on any atom is -0.383 e. The summed E-state index contributed by atoms with van der Waals surface area (Å²) in [6.45, 7) is 6.63. The number of nitrogen functional groups attached to an aromatic ring is 1. The molecule has 0 saturated carbocycles. The zero-order chi connectivity index (χ0) is 15.2. The molecule has 0 aliphatic carbocycles. The highest BCUT2D eigenvalue weighted by Gasteiger charge is 2.12. The average Bonchev–Trinajstić information content (AvgIpc) is 2.73. The minimum atomic E-state index is 0.337. The largest absolute Gasteiger partial charge is 0.383 e. The molecule has 0 amide bonds. The van der Waals surface area contributed by atoms with E-state index in [-0.39, 0.29) is 0 Å². The molecule has 0 aliphatic rings. The Morgan fingerprint density at radius 3 is 2.52 bits per heavy atom. The van der Waals surface area contributed by atoms with Crippen LogP contribution in [-0.2, 0) is 20.8 Å². The van der Waals surface area contributed by atoms with Crippen molar-refractivity contribution >= 4 is 27.4 Å². The maximum atomic E-state index is 6.02. The number of ether oxygens (including phenoxy) is 3. The summed E-state index contributed by atoms with van der Waals surface area (Å²) >= 11 is 1.63. The number of thiophene rings is 1. The summed E-state index contributed by atoms with van der Waals surface area (Å²) in [5.41, 5.74) is 7.18. The summed E-state index contributed by atoms with van der Waals surface area (Å²) < 4.78 is 15.7. The van der Waals surface area contributed by atoms with Gasteiger partial charge in [0.25, 0.3) is 0 Å². The molecule has 2 N–H and O–H groups in total. The van der Waals surface area contributed by atoms with Gasteiger partial charge in [0.2, 0.25) is 0 Å². The minimum absolute atomic E-state index is 0.337. The molecule has 2 rings (SSSR count). The van der Waals surface area contributed by atoms with E-state index in [0.717, 1.165) is 15.8 Å². The number of nitrogens with two attached hydrogens (primary N) is 1. The van der Waals surface area contributed by atoms with Crippen molar-refractivity contribution < 1.29 is 14.2 Å². The van der Waals surface area contributed by atoms with Crippen molar-refractivity contribution in [2.75, 3.05) is 39.3 Å². The molecule has 0 bridgehead atoms. The van der Waals surface area contributed by atoms with Crippen LogP contribution < -0.4 is 5.73 Å². The van der Waals surface area contributed by atoms with E-state index in [1.165, 1.54) is 4.88 Å². The number of fused-ring (bicyclic) bond motifs is 1. The van der Waals surface area contributed by atoms with Gasteiger partial charge in [0.1, 0.15) is 17.3 Å². The quantitative estimate of drug-likeness (QED) is 0.752.